The van der Waals surface area contributed by atoms with Crippen LogP contribution in [0, 0.1) is 0 Å². The molecule has 0 aliphatic heterocycles. The van der Waals surface area contributed by atoms with Gasteiger partial charge in [0, 0.05) is 4.47 Å². The summed E-state index contributed by atoms with van der Waals surface area (Å²) < 4.78 is 1.18. The summed E-state index contributed by atoms with van der Waals surface area (Å²) >= 11 is 3.48. The molecule has 1 aromatic rings. The predicted octanol–water partition coefficient (Wildman–Crippen LogP) is 3.38. The maximum absolute atomic E-state index is 3.48. The van der Waals surface area contributed by atoms with Crippen molar-refractivity contribution < 1.29 is 0 Å². The van der Waals surface area contributed by atoms with E-state index >= 15 is 0 Å². The highest BCUT2D eigenvalue weighted by Gasteiger charge is 1.93. The number of benzene rings is 1. The number of halogens is 1. The topological polar surface area (TPSA) is 12.0 Å². The van der Waals surface area contributed by atoms with Crippen LogP contribution in [0.2, 0.25) is 0 Å². The molecule has 1 rings (SSSR count). The first-order valence-electron chi connectivity index (χ1n) is 5.28. The Morgan fingerprint density at radius 2 is 2.14 bits per heavy atom. The minimum absolute atomic E-state index is 1.13. The monoisotopic (exact) mass is 255 g/mol. The molecular weight excluding hydrogens is 238 g/mol. The lowest BCUT2D eigenvalue weighted by Crippen LogP contribution is -2.16. The van der Waals surface area contributed by atoms with Crippen LogP contribution in [-0.2, 0) is 6.42 Å². The van der Waals surface area contributed by atoms with Crippen LogP contribution in [0.3, 0.4) is 0 Å². The van der Waals surface area contributed by atoms with Crippen LogP contribution in [0.15, 0.2) is 28.7 Å². The lowest BCUT2D eigenvalue weighted by molar-refractivity contribution is 0.640. The van der Waals surface area contributed by atoms with Crippen LogP contribution in [0.4, 0.5) is 0 Å². The predicted molar refractivity (Wildman–Crippen MR) is 65.6 cm³/mol. The maximum Gasteiger partial charge on any atom is 0.0177 e. The second kappa shape index (κ2) is 7.02. The van der Waals surface area contributed by atoms with E-state index in [0.717, 1.165) is 19.5 Å². The Morgan fingerprint density at radius 3 is 2.86 bits per heavy atom. The van der Waals surface area contributed by atoms with Gasteiger partial charge in [-0.25, -0.2) is 0 Å². The summed E-state index contributed by atoms with van der Waals surface area (Å²) in [4.78, 5) is 0. The van der Waals surface area contributed by atoms with Crippen molar-refractivity contribution in [1.29, 1.82) is 0 Å². The summed E-state index contributed by atoms with van der Waals surface area (Å²) in [6.07, 6.45) is 3.60. The van der Waals surface area contributed by atoms with E-state index in [1.165, 1.54) is 22.9 Å². The fraction of sp³-hybridized carbons (Fsp3) is 0.500. The van der Waals surface area contributed by atoms with E-state index in [2.05, 4.69) is 52.4 Å². The molecule has 0 bridgehead atoms. The minimum atomic E-state index is 1.13. The van der Waals surface area contributed by atoms with E-state index in [1.54, 1.807) is 0 Å². The Hall–Kier alpha value is -0.340. The summed E-state index contributed by atoms with van der Waals surface area (Å²) in [7, 11) is 0. The summed E-state index contributed by atoms with van der Waals surface area (Å²) in [5.74, 6) is 0. The SMILES string of the molecule is CCCNCCCc1cccc(Br)c1. The Kier molecular flexibility index (Phi) is 5.88. The molecule has 1 nitrogen and oxygen atoms in total. The Bertz CT molecular complexity index is 260. The molecule has 0 aliphatic carbocycles. The molecule has 0 atom stereocenters. The van der Waals surface area contributed by atoms with Gasteiger partial charge in [-0.05, 0) is 50.0 Å². The van der Waals surface area contributed by atoms with Crippen LogP contribution in [0.5, 0.6) is 0 Å². The molecule has 0 aliphatic rings. The van der Waals surface area contributed by atoms with Crippen LogP contribution >= 0.6 is 15.9 Å². The van der Waals surface area contributed by atoms with E-state index in [4.69, 9.17) is 0 Å². The smallest absolute Gasteiger partial charge is 0.0177 e. The fourth-order valence-electron chi connectivity index (χ4n) is 1.41. The molecule has 0 fully saturated rings. The first-order chi connectivity index (χ1) is 6.83. The summed E-state index contributed by atoms with van der Waals surface area (Å²) in [5, 5.41) is 3.41. The number of hydrogen-bond donors (Lipinski definition) is 1. The molecule has 0 aromatic heterocycles. The lowest BCUT2D eigenvalue weighted by Gasteiger charge is -2.03. The molecular formula is C12H18BrN. The number of aryl methyl sites for hydroxylation is 1. The maximum atomic E-state index is 3.48. The van der Waals surface area contributed by atoms with E-state index < -0.39 is 0 Å². The van der Waals surface area contributed by atoms with Gasteiger partial charge in [0.25, 0.3) is 0 Å². The van der Waals surface area contributed by atoms with Crippen LogP contribution in [0.25, 0.3) is 0 Å². The van der Waals surface area contributed by atoms with E-state index in [1.807, 2.05) is 0 Å². The molecule has 2 heteroatoms. The molecule has 0 saturated carbocycles. The van der Waals surface area contributed by atoms with E-state index in [9.17, 15) is 0 Å². The van der Waals surface area contributed by atoms with Gasteiger partial charge in [-0.2, -0.15) is 0 Å². The molecule has 0 saturated heterocycles. The van der Waals surface area contributed by atoms with Gasteiger partial charge >= 0.3 is 0 Å². The molecule has 0 amide bonds. The largest absolute Gasteiger partial charge is 0.317 e. The molecule has 0 heterocycles. The molecule has 1 aromatic carbocycles. The third-order valence-corrected chi connectivity index (χ3v) is 2.63. The van der Waals surface area contributed by atoms with Crippen LogP contribution in [-0.4, -0.2) is 13.1 Å². The average Bonchev–Trinajstić information content (AvgIpc) is 2.18. The van der Waals surface area contributed by atoms with Crippen molar-refractivity contribution in [2.45, 2.75) is 26.2 Å². The standard InChI is InChI=1S/C12H18BrN/c1-2-8-14-9-4-6-11-5-3-7-12(13)10-11/h3,5,7,10,14H,2,4,6,8-9H2,1H3. The highest BCUT2D eigenvalue weighted by molar-refractivity contribution is 9.10. The van der Waals surface area contributed by atoms with Crippen LogP contribution in [0.1, 0.15) is 25.3 Å². The Labute approximate surface area is 95.0 Å². The van der Waals surface area contributed by atoms with Crippen molar-refractivity contribution in [2.75, 3.05) is 13.1 Å². The molecule has 0 radical (unpaired) electrons. The van der Waals surface area contributed by atoms with Gasteiger partial charge in [0.2, 0.25) is 0 Å². The molecule has 14 heavy (non-hydrogen) atoms. The van der Waals surface area contributed by atoms with Crippen molar-refractivity contribution in [3.05, 3.63) is 34.3 Å². The van der Waals surface area contributed by atoms with Gasteiger partial charge in [0.05, 0.1) is 0 Å². The van der Waals surface area contributed by atoms with Gasteiger partial charge in [-0.15, -0.1) is 0 Å². The Morgan fingerprint density at radius 1 is 1.29 bits per heavy atom. The van der Waals surface area contributed by atoms with Crippen molar-refractivity contribution >= 4 is 15.9 Å². The zero-order chi connectivity index (χ0) is 10.2. The summed E-state index contributed by atoms with van der Waals surface area (Å²) in [6.45, 7) is 4.46. The minimum Gasteiger partial charge on any atom is -0.317 e. The Balaban J connectivity index is 2.18. The highest BCUT2D eigenvalue weighted by Crippen LogP contribution is 2.12. The molecule has 78 valence electrons. The third-order valence-electron chi connectivity index (χ3n) is 2.13. The van der Waals surface area contributed by atoms with Gasteiger partial charge in [-0.1, -0.05) is 35.0 Å². The fourth-order valence-corrected chi connectivity index (χ4v) is 1.86. The van der Waals surface area contributed by atoms with Gasteiger partial charge in [0.15, 0.2) is 0 Å². The highest BCUT2D eigenvalue weighted by atomic mass is 79.9. The number of hydrogen-bond acceptors (Lipinski definition) is 1. The normalized spacial score (nSPS) is 10.4. The first-order valence-corrected chi connectivity index (χ1v) is 6.07. The van der Waals surface area contributed by atoms with Gasteiger partial charge in [-0.3, -0.25) is 0 Å². The van der Waals surface area contributed by atoms with Crippen molar-refractivity contribution in [1.82, 2.24) is 5.32 Å². The van der Waals surface area contributed by atoms with Crippen molar-refractivity contribution in [3.8, 4) is 0 Å². The van der Waals surface area contributed by atoms with E-state index in [0.29, 0.717) is 0 Å². The third kappa shape index (κ3) is 4.77. The zero-order valence-corrected chi connectivity index (χ0v) is 10.3. The second-order valence-corrected chi connectivity index (χ2v) is 4.40. The van der Waals surface area contributed by atoms with Crippen LogP contribution < -0.4 is 5.32 Å². The lowest BCUT2D eigenvalue weighted by atomic mass is 10.1. The number of rotatable bonds is 6. The number of nitrogens with one attached hydrogen (secondary N) is 1. The van der Waals surface area contributed by atoms with Gasteiger partial charge in [0.1, 0.15) is 0 Å². The molecule has 0 unspecified atom stereocenters. The first kappa shape index (κ1) is 11.7. The average molecular weight is 256 g/mol. The second-order valence-electron chi connectivity index (χ2n) is 3.48. The van der Waals surface area contributed by atoms with Gasteiger partial charge < -0.3 is 5.32 Å². The molecule has 1 N–H and O–H groups in total. The molecule has 0 spiro atoms. The quantitative estimate of drug-likeness (QED) is 0.769. The van der Waals surface area contributed by atoms with Crippen molar-refractivity contribution in [2.24, 2.45) is 0 Å². The zero-order valence-electron chi connectivity index (χ0n) is 8.72. The summed E-state index contributed by atoms with van der Waals surface area (Å²) in [5.41, 5.74) is 1.41. The van der Waals surface area contributed by atoms with E-state index in [-0.39, 0.29) is 0 Å². The van der Waals surface area contributed by atoms with Crippen molar-refractivity contribution in [3.63, 3.8) is 0 Å². The summed E-state index contributed by atoms with van der Waals surface area (Å²) in [6, 6.07) is 8.54.